The van der Waals surface area contributed by atoms with E-state index >= 15 is 0 Å². The van der Waals surface area contributed by atoms with Crippen LogP contribution in [0.2, 0.25) is 5.02 Å². The number of hydrogen-bond acceptors (Lipinski definition) is 7. The van der Waals surface area contributed by atoms with Crippen LogP contribution in [0.25, 0.3) is 0 Å². The van der Waals surface area contributed by atoms with Crippen molar-refractivity contribution in [2.45, 2.75) is 18.9 Å². The molecule has 3 N–H and O–H groups in total. The van der Waals surface area contributed by atoms with Gasteiger partial charge in [-0.25, -0.2) is 4.98 Å². The van der Waals surface area contributed by atoms with Gasteiger partial charge in [0.05, 0.1) is 29.8 Å². The van der Waals surface area contributed by atoms with Crippen molar-refractivity contribution in [3.05, 3.63) is 47.9 Å². The highest BCUT2D eigenvalue weighted by molar-refractivity contribution is 7.70. The highest BCUT2D eigenvalue weighted by atomic mass is 35.5. The summed E-state index contributed by atoms with van der Waals surface area (Å²) in [5.74, 6) is 0.843. The van der Waals surface area contributed by atoms with Crippen LogP contribution in [0, 0.1) is 0 Å². The van der Waals surface area contributed by atoms with Gasteiger partial charge in [-0.15, -0.1) is 0 Å². The summed E-state index contributed by atoms with van der Waals surface area (Å²) in [5.41, 5.74) is 1.52. The number of aromatic nitrogens is 4. The van der Waals surface area contributed by atoms with E-state index in [2.05, 4.69) is 31.0 Å². The molecule has 0 aliphatic carbocycles. The van der Waals surface area contributed by atoms with Crippen molar-refractivity contribution in [1.82, 2.24) is 25.1 Å². The van der Waals surface area contributed by atoms with Gasteiger partial charge >= 0.3 is 0 Å². The van der Waals surface area contributed by atoms with Gasteiger partial charge in [0.15, 0.2) is 5.82 Å². The molecule has 3 aromatic rings. The minimum atomic E-state index is -2.47. The van der Waals surface area contributed by atoms with Crippen molar-refractivity contribution in [3.63, 3.8) is 0 Å². The van der Waals surface area contributed by atoms with Gasteiger partial charge in [-0.3, -0.25) is 4.68 Å². The molecular formula is C20H25ClN7OP. The molecule has 30 heavy (non-hydrogen) atoms. The zero-order valence-corrected chi connectivity index (χ0v) is 18.6. The van der Waals surface area contributed by atoms with Gasteiger partial charge in [-0.1, -0.05) is 23.7 Å². The molecule has 0 spiro atoms. The Morgan fingerprint density at radius 3 is 2.83 bits per heavy atom. The largest absolute Gasteiger partial charge is 0.338 e. The lowest BCUT2D eigenvalue weighted by Crippen LogP contribution is -2.31. The van der Waals surface area contributed by atoms with Gasteiger partial charge in [0.2, 0.25) is 5.95 Å². The van der Waals surface area contributed by atoms with E-state index in [1.807, 2.05) is 35.1 Å². The number of halogens is 1. The maximum Gasteiger partial charge on any atom is 0.229 e. The molecule has 0 amide bonds. The molecule has 158 valence electrons. The molecule has 2 aromatic heterocycles. The minimum Gasteiger partial charge on any atom is -0.338 e. The average Bonchev–Trinajstić information content (AvgIpc) is 3.19. The van der Waals surface area contributed by atoms with Crippen molar-refractivity contribution >= 4 is 47.2 Å². The second-order valence-electron chi connectivity index (χ2n) is 7.72. The van der Waals surface area contributed by atoms with Gasteiger partial charge in [0, 0.05) is 18.0 Å². The Morgan fingerprint density at radius 1 is 1.23 bits per heavy atom. The van der Waals surface area contributed by atoms with Gasteiger partial charge < -0.3 is 20.5 Å². The normalized spacial score (nSPS) is 17.0. The second-order valence-corrected chi connectivity index (χ2v) is 11.3. The molecule has 3 heterocycles. The van der Waals surface area contributed by atoms with Crippen molar-refractivity contribution in [2.24, 2.45) is 0 Å². The van der Waals surface area contributed by atoms with Crippen LogP contribution in [0.1, 0.15) is 18.9 Å². The molecule has 10 heteroatoms. The Morgan fingerprint density at radius 2 is 2.07 bits per heavy atom. The van der Waals surface area contributed by atoms with Crippen LogP contribution in [0.4, 0.5) is 23.1 Å². The van der Waals surface area contributed by atoms with Crippen LogP contribution in [0.5, 0.6) is 0 Å². The molecule has 1 aliphatic heterocycles. The number of benzene rings is 1. The molecule has 8 nitrogen and oxygen atoms in total. The molecule has 0 saturated carbocycles. The monoisotopic (exact) mass is 445 g/mol. The van der Waals surface area contributed by atoms with Crippen LogP contribution in [0.3, 0.4) is 0 Å². The first kappa shape index (κ1) is 20.8. The molecule has 1 aliphatic rings. The van der Waals surface area contributed by atoms with Crippen LogP contribution in [-0.4, -0.2) is 46.2 Å². The lowest BCUT2D eigenvalue weighted by atomic mass is 10.1. The number of nitrogens with one attached hydrogen (secondary N) is 3. The summed E-state index contributed by atoms with van der Waals surface area (Å²) in [5, 5.41) is 15.4. The van der Waals surface area contributed by atoms with Gasteiger partial charge in [-0.05, 0) is 44.8 Å². The second kappa shape index (κ2) is 8.76. The SMILES string of the molecule is CP(C)(=O)c1ccccc1Nc1nc(Nc2cnn(C3CCCNC3)c2)ncc1Cl. The van der Waals surface area contributed by atoms with Crippen molar-refractivity contribution in [2.75, 3.05) is 37.1 Å². The predicted octanol–water partition coefficient (Wildman–Crippen LogP) is 3.99. The first-order valence-electron chi connectivity index (χ1n) is 9.86. The van der Waals surface area contributed by atoms with Gasteiger partial charge in [0.1, 0.15) is 12.2 Å². The summed E-state index contributed by atoms with van der Waals surface area (Å²) < 4.78 is 14.6. The smallest absolute Gasteiger partial charge is 0.229 e. The highest BCUT2D eigenvalue weighted by Gasteiger charge is 2.18. The Bertz CT molecular complexity index is 1070. The third kappa shape index (κ3) is 4.83. The van der Waals surface area contributed by atoms with Crippen molar-refractivity contribution < 1.29 is 4.57 Å². The summed E-state index contributed by atoms with van der Waals surface area (Å²) in [6, 6.07) is 7.82. The fourth-order valence-electron chi connectivity index (χ4n) is 3.48. The summed E-state index contributed by atoms with van der Waals surface area (Å²) in [6.45, 7) is 5.46. The Labute approximate surface area is 180 Å². The van der Waals surface area contributed by atoms with Gasteiger partial charge in [0.25, 0.3) is 0 Å². The zero-order valence-electron chi connectivity index (χ0n) is 17.0. The molecule has 1 unspecified atom stereocenters. The number of hydrogen-bond donors (Lipinski definition) is 3. The molecule has 0 bridgehead atoms. The first-order chi connectivity index (χ1) is 14.4. The molecular weight excluding hydrogens is 421 g/mol. The number of rotatable bonds is 6. The van der Waals surface area contributed by atoms with Crippen LogP contribution in [0.15, 0.2) is 42.9 Å². The molecule has 1 atom stereocenters. The highest BCUT2D eigenvalue weighted by Crippen LogP contribution is 2.38. The van der Waals surface area contributed by atoms with Crippen molar-refractivity contribution in [3.8, 4) is 0 Å². The Balaban J connectivity index is 1.53. The predicted molar refractivity (Wildman–Crippen MR) is 123 cm³/mol. The Hall–Kier alpha value is -2.41. The lowest BCUT2D eigenvalue weighted by molar-refractivity contribution is 0.347. The van der Waals surface area contributed by atoms with Crippen molar-refractivity contribution in [1.29, 1.82) is 0 Å². The van der Waals surface area contributed by atoms with E-state index in [0.29, 0.717) is 22.8 Å². The minimum absolute atomic E-state index is 0.355. The van der Waals surface area contributed by atoms with E-state index in [0.717, 1.165) is 42.6 Å². The number of nitrogens with zero attached hydrogens (tertiary/aromatic N) is 4. The summed E-state index contributed by atoms with van der Waals surface area (Å²) in [4.78, 5) is 8.77. The van der Waals surface area contributed by atoms with Crippen LogP contribution in [-0.2, 0) is 4.57 Å². The van der Waals surface area contributed by atoms with E-state index < -0.39 is 7.14 Å². The summed E-state index contributed by atoms with van der Waals surface area (Å²) in [6.07, 6.45) is 7.51. The van der Waals surface area contributed by atoms with E-state index in [4.69, 9.17) is 11.6 Å². The zero-order chi connectivity index (χ0) is 21.1. The fraction of sp³-hybridized carbons (Fsp3) is 0.350. The summed E-state index contributed by atoms with van der Waals surface area (Å²) in [7, 11) is -2.47. The maximum absolute atomic E-state index is 12.6. The standard InChI is InChI=1S/C20H25ClN7OP/c1-30(2,29)18-8-4-3-7-17(18)26-19-16(21)12-23-20(27-19)25-14-10-24-28(13-14)15-6-5-9-22-11-15/h3-4,7-8,10,12-13,15,22H,5-6,9,11H2,1-2H3,(H2,23,25,26,27). The molecule has 4 rings (SSSR count). The first-order valence-corrected chi connectivity index (χ1v) is 12.8. The lowest BCUT2D eigenvalue weighted by Gasteiger charge is -2.22. The van der Waals surface area contributed by atoms with E-state index in [1.54, 1.807) is 19.5 Å². The third-order valence-electron chi connectivity index (χ3n) is 4.98. The number of anilines is 4. The van der Waals surface area contributed by atoms with Gasteiger partial charge in [-0.2, -0.15) is 10.1 Å². The number of piperidine rings is 1. The maximum atomic E-state index is 12.6. The van der Waals surface area contributed by atoms with E-state index in [1.165, 1.54) is 6.20 Å². The quantitative estimate of drug-likeness (QED) is 0.493. The Kier molecular flexibility index (Phi) is 6.09. The third-order valence-corrected chi connectivity index (χ3v) is 6.81. The molecule has 1 aromatic carbocycles. The molecule has 1 fully saturated rings. The van der Waals surface area contributed by atoms with Crippen LogP contribution >= 0.6 is 18.7 Å². The van der Waals surface area contributed by atoms with E-state index in [-0.39, 0.29) is 0 Å². The average molecular weight is 446 g/mol. The number of para-hydroxylation sites is 1. The fourth-order valence-corrected chi connectivity index (χ4v) is 4.78. The molecule has 1 saturated heterocycles. The summed E-state index contributed by atoms with van der Waals surface area (Å²) >= 11 is 6.31. The molecule has 0 radical (unpaired) electrons. The topological polar surface area (TPSA) is 96.8 Å². The van der Waals surface area contributed by atoms with Crippen LogP contribution < -0.4 is 21.3 Å². The van der Waals surface area contributed by atoms with E-state index in [9.17, 15) is 4.57 Å².